The first kappa shape index (κ1) is 17.5. The zero-order chi connectivity index (χ0) is 17.0. The van der Waals surface area contributed by atoms with Gasteiger partial charge in [0, 0.05) is 19.1 Å². The van der Waals surface area contributed by atoms with Crippen LogP contribution in [-0.4, -0.2) is 29.9 Å². The minimum Gasteiger partial charge on any atom is -0.341 e. The molecule has 0 aromatic heterocycles. The van der Waals surface area contributed by atoms with E-state index < -0.39 is 0 Å². The molecule has 0 spiro atoms. The normalized spacial score (nSPS) is 20.2. The maximum atomic E-state index is 12.7. The van der Waals surface area contributed by atoms with Crippen molar-refractivity contribution in [2.24, 2.45) is 5.41 Å². The molecule has 0 saturated carbocycles. The molecule has 23 heavy (non-hydrogen) atoms. The second kappa shape index (κ2) is 7.14. The summed E-state index contributed by atoms with van der Waals surface area (Å²) in [5, 5.41) is 12.3. The second-order valence-corrected chi connectivity index (χ2v) is 7.64. The molecule has 4 nitrogen and oxygen atoms in total. The van der Waals surface area contributed by atoms with E-state index in [0.717, 1.165) is 31.5 Å². The number of hydrogen-bond donors (Lipinski definition) is 1. The Morgan fingerprint density at radius 1 is 1.35 bits per heavy atom. The third-order valence-corrected chi connectivity index (χ3v) is 4.19. The van der Waals surface area contributed by atoms with Crippen LogP contribution in [0.3, 0.4) is 0 Å². The van der Waals surface area contributed by atoms with Gasteiger partial charge in [0.15, 0.2) is 0 Å². The third kappa shape index (κ3) is 4.80. The number of piperidine rings is 1. The van der Waals surface area contributed by atoms with Crippen LogP contribution in [0.1, 0.15) is 57.7 Å². The van der Waals surface area contributed by atoms with Gasteiger partial charge in [0.2, 0.25) is 5.91 Å². The molecule has 0 radical (unpaired) electrons. The average molecular weight is 313 g/mol. The van der Waals surface area contributed by atoms with Crippen molar-refractivity contribution in [3.05, 3.63) is 35.4 Å². The van der Waals surface area contributed by atoms with Gasteiger partial charge >= 0.3 is 0 Å². The van der Waals surface area contributed by atoms with Crippen LogP contribution >= 0.6 is 0 Å². The summed E-state index contributed by atoms with van der Waals surface area (Å²) in [6.07, 6.45) is 1.93. The van der Waals surface area contributed by atoms with Crippen LogP contribution in [0.2, 0.25) is 0 Å². The Morgan fingerprint density at radius 3 is 2.57 bits per heavy atom. The number of nitrogens with zero attached hydrogens (tertiary/aromatic N) is 2. The van der Waals surface area contributed by atoms with Gasteiger partial charge in [-0.3, -0.25) is 10.1 Å². The van der Waals surface area contributed by atoms with E-state index >= 15 is 0 Å². The van der Waals surface area contributed by atoms with Crippen molar-refractivity contribution in [1.82, 2.24) is 10.2 Å². The van der Waals surface area contributed by atoms with Crippen molar-refractivity contribution in [3.63, 3.8) is 0 Å². The summed E-state index contributed by atoms with van der Waals surface area (Å²) in [4.78, 5) is 14.7. The van der Waals surface area contributed by atoms with E-state index in [1.807, 2.05) is 29.2 Å². The molecule has 1 N–H and O–H groups in total. The molecule has 0 bridgehead atoms. The molecule has 1 aromatic carbocycles. The fraction of sp³-hybridized carbons (Fsp3) is 0.579. The highest BCUT2D eigenvalue weighted by atomic mass is 16.2. The summed E-state index contributed by atoms with van der Waals surface area (Å²) >= 11 is 0. The number of rotatable bonds is 4. The Kier molecular flexibility index (Phi) is 5.43. The first-order valence-corrected chi connectivity index (χ1v) is 8.35. The summed E-state index contributed by atoms with van der Waals surface area (Å²) < 4.78 is 0. The molecule has 2 unspecified atom stereocenters. The monoisotopic (exact) mass is 313 g/mol. The lowest BCUT2D eigenvalue weighted by Gasteiger charge is -2.37. The average Bonchev–Trinajstić information content (AvgIpc) is 2.50. The van der Waals surface area contributed by atoms with Crippen molar-refractivity contribution in [2.45, 2.75) is 52.6 Å². The minimum absolute atomic E-state index is 0.0891. The van der Waals surface area contributed by atoms with E-state index in [0.29, 0.717) is 5.56 Å². The Labute approximate surface area is 139 Å². The molecule has 1 aliphatic rings. The molecule has 4 heteroatoms. The number of carbonyl (C=O) groups is 1. The molecule has 2 rings (SSSR count). The summed E-state index contributed by atoms with van der Waals surface area (Å²) in [6, 6.07) is 9.66. The molecule has 2 atom stereocenters. The van der Waals surface area contributed by atoms with Gasteiger partial charge in [-0.1, -0.05) is 32.9 Å². The predicted molar refractivity (Wildman–Crippen MR) is 91.8 cm³/mol. The molecule has 1 fully saturated rings. The quantitative estimate of drug-likeness (QED) is 0.928. The maximum absolute atomic E-state index is 12.7. The van der Waals surface area contributed by atoms with Gasteiger partial charge < -0.3 is 4.90 Å². The van der Waals surface area contributed by atoms with E-state index in [1.165, 1.54) is 0 Å². The number of benzene rings is 1. The summed E-state index contributed by atoms with van der Waals surface area (Å²) in [5.41, 5.74) is 1.88. The lowest BCUT2D eigenvalue weighted by atomic mass is 9.93. The smallest absolute Gasteiger partial charge is 0.239 e. The van der Waals surface area contributed by atoms with Crippen LogP contribution in [-0.2, 0) is 4.79 Å². The lowest BCUT2D eigenvalue weighted by Crippen LogP contribution is -2.53. The largest absolute Gasteiger partial charge is 0.341 e. The van der Waals surface area contributed by atoms with Gasteiger partial charge in [-0.15, -0.1) is 0 Å². The van der Waals surface area contributed by atoms with Crippen LogP contribution < -0.4 is 5.32 Å². The van der Waals surface area contributed by atoms with Crippen molar-refractivity contribution < 1.29 is 4.79 Å². The van der Waals surface area contributed by atoms with Crippen molar-refractivity contribution in [3.8, 4) is 6.07 Å². The molecule has 0 aliphatic carbocycles. The summed E-state index contributed by atoms with van der Waals surface area (Å²) in [7, 11) is 0. The Hall–Kier alpha value is -1.86. The second-order valence-electron chi connectivity index (χ2n) is 7.64. The van der Waals surface area contributed by atoms with Crippen molar-refractivity contribution in [2.75, 3.05) is 13.1 Å². The van der Waals surface area contributed by atoms with E-state index in [-0.39, 0.29) is 23.4 Å². The fourth-order valence-corrected chi connectivity index (χ4v) is 3.07. The first-order valence-electron chi connectivity index (χ1n) is 8.35. The Morgan fingerprint density at radius 2 is 2.00 bits per heavy atom. The highest BCUT2D eigenvalue weighted by Gasteiger charge is 2.31. The van der Waals surface area contributed by atoms with Gasteiger partial charge in [0.1, 0.15) is 0 Å². The van der Waals surface area contributed by atoms with Crippen LogP contribution in [0, 0.1) is 16.7 Å². The van der Waals surface area contributed by atoms with E-state index in [4.69, 9.17) is 5.26 Å². The SMILES string of the molecule is CC(NC1CCCN(CC(C)(C)C)C1=O)c1ccc(C#N)cc1. The Bertz CT molecular complexity index is 580. The number of nitriles is 1. The van der Waals surface area contributed by atoms with Crippen LogP contribution in [0.15, 0.2) is 24.3 Å². The predicted octanol–water partition coefficient (Wildman–Crippen LogP) is 3.25. The zero-order valence-corrected chi connectivity index (χ0v) is 14.6. The first-order chi connectivity index (χ1) is 10.8. The molecule has 1 amide bonds. The van der Waals surface area contributed by atoms with Gasteiger partial charge in [-0.25, -0.2) is 0 Å². The van der Waals surface area contributed by atoms with Crippen LogP contribution in [0.25, 0.3) is 0 Å². The molecule has 1 aliphatic heterocycles. The zero-order valence-electron chi connectivity index (χ0n) is 14.6. The number of nitrogens with one attached hydrogen (secondary N) is 1. The molecule has 1 aromatic rings. The number of likely N-dealkylation sites (tertiary alicyclic amines) is 1. The number of hydrogen-bond acceptors (Lipinski definition) is 3. The summed E-state index contributed by atoms with van der Waals surface area (Å²) in [5.74, 6) is 0.215. The fourth-order valence-electron chi connectivity index (χ4n) is 3.07. The van der Waals surface area contributed by atoms with Gasteiger partial charge in [-0.2, -0.15) is 5.26 Å². The maximum Gasteiger partial charge on any atom is 0.239 e. The van der Waals surface area contributed by atoms with Gasteiger partial charge in [0.05, 0.1) is 17.7 Å². The highest BCUT2D eigenvalue weighted by molar-refractivity contribution is 5.82. The summed E-state index contributed by atoms with van der Waals surface area (Å²) in [6.45, 7) is 10.2. The standard InChI is InChI=1S/C19H27N3O/c1-14(16-9-7-15(12-20)8-10-16)21-17-6-5-11-22(18(17)23)13-19(2,3)4/h7-10,14,17,21H,5-6,11,13H2,1-4H3. The van der Waals surface area contributed by atoms with Gasteiger partial charge in [-0.05, 0) is 42.9 Å². The van der Waals surface area contributed by atoms with Crippen molar-refractivity contribution >= 4 is 5.91 Å². The number of amides is 1. The van der Waals surface area contributed by atoms with Crippen molar-refractivity contribution in [1.29, 1.82) is 5.26 Å². The lowest BCUT2D eigenvalue weighted by molar-refractivity contribution is -0.137. The number of carbonyl (C=O) groups excluding carboxylic acids is 1. The topological polar surface area (TPSA) is 56.1 Å². The highest BCUT2D eigenvalue weighted by Crippen LogP contribution is 2.22. The van der Waals surface area contributed by atoms with E-state index in [2.05, 4.69) is 39.1 Å². The van der Waals surface area contributed by atoms with Crippen LogP contribution in [0.4, 0.5) is 0 Å². The molecule has 1 heterocycles. The van der Waals surface area contributed by atoms with E-state index in [1.54, 1.807) is 0 Å². The molecular weight excluding hydrogens is 286 g/mol. The van der Waals surface area contributed by atoms with Crippen LogP contribution in [0.5, 0.6) is 0 Å². The third-order valence-electron chi connectivity index (χ3n) is 4.19. The molecular formula is C19H27N3O. The molecule has 124 valence electrons. The van der Waals surface area contributed by atoms with E-state index in [9.17, 15) is 4.79 Å². The minimum atomic E-state index is -0.114. The molecule has 1 saturated heterocycles. The van der Waals surface area contributed by atoms with Gasteiger partial charge in [0.25, 0.3) is 0 Å². The Balaban J connectivity index is 2.00.